The summed E-state index contributed by atoms with van der Waals surface area (Å²) in [6, 6.07) is 8.78. The molecule has 1 N–H and O–H groups in total. The van der Waals surface area contributed by atoms with Crippen molar-refractivity contribution in [3.8, 4) is 0 Å². The van der Waals surface area contributed by atoms with E-state index in [4.69, 9.17) is 4.74 Å². The van der Waals surface area contributed by atoms with Crippen molar-refractivity contribution in [3.05, 3.63) is 29.8 Å². The van der Waals surface area contributed by atoms with Gasteiger partial charge in [0.05, 0.1) is 6.10 Å². The van der Waals surface area contributed by atoms with Gasteiger partial charge in [-0.25, -0.2) is 0 Å². The van der Waals surface area contributed by atoms with Crippen molar-refractivity contribution < 1.29 is 4.74 Å². The Kier molecular flexibility index (Phi) is 4.24. The molecule has 0 aromatic heterocycles. The Morgan fingerprint density at radius 1 is 1.33 bits per heavy atom. The Morgan fingerprint density at radius 2 is 2.28 bits per heavy atom. The van der Waals surface area contributed by atoms with Crippen LogP contribution in [0.3, 0.4) is 0 Å². The fourth-order valence-electron chi connectivity index (χ4n) is 2.77. The smallest absolute Gasteiger partial charge is 0.0588 e. The van der Waals surface area contributed by atoms with Crippen LogP contribution in [-0.2, 0) is 11.2 Å². The van der Waals surface area contributed by atoms with Crippen LogP contribution in [0.2, 0.25) is 0 Å². The molecule has 0 saturated carbocycles. The monoisotopic (exact) mass is 263 g/mol. The van der Waals surface area contributed by atoms with Crippen LogP contribution in [0.5, 0.6) is 0 Å². The minimum Gasteiger partial charge on any atom is -0.378 e. The molecule has 2 atom stereocenters. The van der Waals surface area contributed by atoms with Gasteiger partial charge < -0.3 is 10.1 Å². The molecule has 1 saturated heterocycles. The van der Waals surface area contributed by atoms with E-state index in [1.807, 2.05) is 11.8 Å². The summed E-state index contributed by atoms with van der Waals surface area (Å²) >= 11 is 2.03. The lowest BCUT2D eigenvalue weighted by Crippen LogP contribution is -2.27. The van der Waals surface area contributed by atoms with Gasteiger partial charge in [0.15, 0.2) is 0 Å². The fourth-order valence-corrected chi connectivity index (χ4v) is 4.05. The summed E-state index contributed by atoms with van der Waals surface area (Å²) in [5, 5.41) is 4.30. The third-order valence-corrected chi connectivity index (χ3v) is 5.07. The molecule has 2 aliphatic rings. The van der Waals surface area contributed by atoms with Crippen LogP contribution in [0.25, 0.3) is 0 Å². The Labute approximate surface area is 113 Å². The van der Waals surface area contributed by atoms with Gasteiger partial charge in [0.2, 0.25) is 0 Å². The topological polar surface area (TPSA) is 21.3 Å². The summed E-state index contributed by atoms with van der Waals surface area (Å²) in [4.78, 5) is 1.48. The summed E-state index contributed by atoms with van der Waals surface area (Å²) in [5.74, 6) is 0. The molecule has 1 fully saturated rings. The summed E-state index contributed by atoms with van der Waals surface area (Å²) < 4.78 is 5.63. The van der Waals surface area contributed by atoms with Gasteiger partial charge in [0.25, 0.3) is 0 Å². The number of hydrogen-bond acceptors (Lipinski definition) is 3. The molecule has 18 heavy (non-hydrogen) atoms. The van der Waals surface area contributed by atoms with E-state index in [2.05, 4.69) is 29.6 Å². The van der Waals surface area contributed by atoms with Gasteiger partial charge in [0.1, 0.15) is 0 Å². The standard InChI is InChI=1S/C15H21NOS/c1-2-6-15-12(4-1)10-14(18-15)11-16-8-7-13-5-3-9-17-13/h1-2,4,6,13-14,16H,3,5,7-11H2. The van der Waals surface area contributed by atoms with Crippen molar-refractivity contribution in [2.45, 2.75) is 41.9 Å². The molecule has 0 amide bonds. The van der Waals surface area contributed by atoms with Crippen molar-refractivity contribution in [2.24, 2.45) is 0 Å². The lowest BCUT2D eigenvalue weighted by molar-refractivity contribution is 0.104. The van der Waals surface area contributed by atoms with Gasteiger partial charge in [0, 0.05) is 23.3 Å². The highest BCUT2D eigenvalue weighted by Crippen LogP contribution is 2.36. The fraction of sp³-hybridized carbons (Fsp3) is 0.600. The van der Waals surface area contributed by atoms with Crippen LogP contribution < -0.4 is 5.32 Å². The third-order valence-electron chi connectivity index (χ3n) is 3.75. The molecule has 0 radical (unpaired) electrons. The lowest BCUT2D eigenvalue weighted by Gasteiger charge is -2.12. The number of fused-ring (bicyclic) bond motifs is 1. The quantitative estimate of drug-likeness (QED) is 0.825. The minimum atomic E-state index is 0.519. The van der Waals surface area contributed by atoms with Crippen LogP contribution in [0, 0.1) is 0 Å². The van der Waals surface area contributed by atoms with Gasteiger partial charge in [-0.3, -0.25) is 0 Å². The summed E-state index contributed by atoms with van der Waals surface area (Å²) in [6.45, 7) is 3.18. The number of hydrogen-bond donors (Lipinski definition) is 1. The van der Waals surface area contributed by atoms with Crippen LogP contribution in [0.15, 0.2) is 29.2 Å². The average Bonchev–Trinajstić information content (AvgIpc) is 3.03. The highest BCUT2D eigenvalue weighted by atomic mass is 32.2. The van der Waals surface area contributed by atoms with E-state index < -0.39 is 0 Å². The second-order valence-corrected chi connectivity index (χ2v) is 6.52. The summed E-state index contributed by atoms with van der Waals surface area (Å²) in [7, 11) is 0. The first-order valence-electron chi connectivity index (χ1n) is 6.99. The molecule has 3 heteroatoms. The van der Waals surface area contributed by atoms with E-state index in [1.165, 1.54) is 36.1 Å². The van der Waals surface area contributed by atoms with Gasteiger partial charge in [-0.2, -0.15) is 0 Å². The van der Waals surface area contributed by atoms with Crippen LogP contribution in [0.1, 0.15) is 24.8 Å². The molecular formula is C15H21NOS. The summed E-state index contributed by atoms with van der Waals surface area (Å²) in [5.41, 5.74) is 1.52. The molecule has 1 aromatic rings. The molecule has 98 valence electrons. The number of benzene rings is 1. The molecule has 2 heterocycles. The zero-order valence-corrected chi connectivity index (χ0v) is 11.5. The van der Waals surface area contributed by atoms with Crippen LogP contribution in [-0.4, -0.2) is 31.1 Å². The van der Waals surface area contributed by atoms with Crippen molar-refractivity contribution >= 4 is 11.8 Å². The molecule has 0 spiro atoms. The van der Waals surface area contributed by atoms with Crippen molar-refractivity contribution in [2.75, 3.05) is 19.7 Å². The van der Waals surface area contributed by atoms with Crippen molar-refractivity contribution in [3.63, 3.8) is 0 Å². The molecule has 1 aromatic carbocycles. The normalized spacial score (nSPS) is 26.4. The van der Waals surface area contributed by atoms with Gasteiger partial charge in [-0.1, -0.05) is 18.2 Å². The third kappa shape index (κ3) is 3.08. The lowest BCUT2D eigenvalue weighted by atomic mass is 10.1. The van der Waals surface area contributed by atoms with Gasteiger partial charge in [-0.05, 0) is 43.9 Å². The number of nitrogens with one attached hydrogen (secondary N) is 1. The first-order chi connectivity index (χ1) is 8.92. The van der Waals surface area contributed by atoms with Crippen molar-refractivity contribution in [1.29, 1.82) is 0 Å². The number of rotatable bonds is 5. The maximum absolute atomic E-state index is 5.63. The highest BCUT2D eigenvalue weighted by molar-refractivity contribution is 8.00. The van der Waals surface area contributed by atoms with E-state index in [9.17, 15) is 0 Å². The Hall–Kier alpha value is -0.510. The number of ether oxygens (including phenoxy) is 1. The van der Waals surface area contributed by atoms with Gasteiger partial charge in [-0.15, -0.1) is 11.8 Å². The van der Waals surface area contributed by atoms with E-state index in [1.54, 1.807) is 0 Å². The second-order valence-electron chi connectivity index (χ2n) is 5.18. The SMILES string of the molecule is c1ccc2c(c1)CC(CNCCC1CCCO1)S2. The molecule has 3 rings (SSSR count). The van der Waals surface area contributed by atoms with Crippen LogP contribution in [0.4, 0.5) is 0 Å². The largest absolute Gasteiger partial charge is 0.378 e. The van der Waals surface area contributed by atoms with Crippen molar-refractivity contribution in [1.82, 2.24) is 5.32 Å². The van der Waals surface area contributed by atoms with Gasteiger partial charge >= 0.3 is 0 Å². The molecule has 2 aliphatic heterocycles. The van der Waals surface area contributed by atoms with E-state index in [0.717, 1.165) is 19.7 Å². The Morgan fingerprint density at radius 3 is 3.11 bits per heavy atom. The maximum Gasteiger partial charge on any atom is 0.0588 e. The summed E-state index contributed by atoms with van der Waals surface area (Å²) in [6.07, 6.45) is 5.41. The molecule has 2 nitrogen and oxygen atoms in total. The zero-order chi connectivity index (χ0) is 12.2. The minimum absolute atomic E-state index is 0.519. The first-order valence-corrected chi connectivity index (χ1v) is 7.86. The highest BCUT2D eigenvalue weighted by Gasteiger charge is 2.21. The average molecular weight is 263 g/mol. The number of thioether (sulfide) groups is 1. The Bertz CT molecular complexity index is 365. The maximum atomic E-state index is 5.63. The first kappa shape index (κ1) is 12.5. The second kappa shape index (κ2) is 6.09. The van der Waals surface area contributed by atoms with Crippen LogP contribution >= 0.6 is 11.8 Å². The predicted molar refractivity (Wildman–Crippen MR) is 76.3 cm³/mol. The molecular weight excluding hydrogens is 242 g/mol. The van der Waals surface area contributed by atoms with E-state index in [-0.39, 0.29) is 0 Å². The Balaban J connectivity index is 1.35. The molecule has 0 bridgehead atoms. The molecule has 0 aliphatic carbocycles. The van der Waals surface area contributed by atoms with E-state index >= 15 is 0 Å². The molecule has 2 unspecified atom stereocenters. The van der Waals surface area contributed by atoms with E-state index in [0.29, 0.717) is 11.4 Å². The predicted octanol–water partition coefficient (Wildman–Crippen LogP) is 2.86. The zero-order valence-electron chi connectivity index (χ0n) is 10.7.